The summed E-state index contributed by atoms with van der Waals surface area (Å²) in [6.45, 7) is 0. The summed E-state index contributed by atoms with van der Waals surface area (Å²) in [4.78, 5) is 25.3. The number of hydrogen-bond donors (Lipinski definition) is 4. The largest absolute Gasteiger partial charge is 0.468 e. The van der Waals surface area contributed by atoms with Gasteiger partial charge < -0.3 is 20.1 Å². The van der Waals surface area contributed by atoms with E-state index in [1.165, 1.54) is 14.2 Å². The lowest BCUT2D eigenvalue weighted by Gasteiger charge is -2.47. The number of fused-ring (bicyclic) bond motifs is 7. The van der Waals surface area contributed by atoms with Crippen LogP contribution in [0, 0.1) is 0 Å². The predicted octanol–water partition coefficient (Wildman–Crippen LogP) is 1.44. The fourth-order valence-corrected chi connectivity index (χ4v) is 6.80. The lowest BCUT2D eigenvalue weighted by Crippen LogP contribution is -2.59. The van der Waals surface area contributed by atoms with Crippen LogP contribution < -0.4 is 21.3 Å². The second kappa shape index (κ2) is 6.70. The van der Waals surface area contributed by atoms with Gasteiger partial charge in [-0.1, -0.05) is 36.4 Å². The Hall–Kier alpha value is -3.10. The highest BCUT2D eigenvalue weighted by atomic mass is 16.5. The van der Waals surface area contributed by atoms with Gasteiger partial charge in [0, 0.05) is 22.2 Å². The minimum Gasteiger partial charge on any atom is -0.468 e. The van der Waals surface area contributed by atoms with Gasteiger partial charge in [0.15, 0.2) is 0 Å². The first-order valence-corrected chi connectivity index (χ1v) is 10.9. The number of rotatable bonds is 3. The average Bonchev–Trinajstić information content (AvgIpc) is 3.53. The van der Waals surface area contributed by atoms with Crippen LogP contribution in [0.1, 0.15) is 24.0 Å². The van der Waals surface area contributed by atoms with Gasteiger partial charge in [-0.25, -0.2) is 0 Å². The molecule has 2 aromatic carbocycles. The molecule has 0 amide bonds. The van der Waals surface area contributed by atoms with Crippen molar-refractivity contribution in [3.63, 3.8) is 0 Å². The molecule has 166 valence electrons. The molecule has 0 aromatic heterocycles. The van der Waals surface area contributed by atoms with Crippen LogP contribution in [0.5, 0.6) is 0 Å². The highest BCUT2D eigenvalue weighted by Crippen LogP contribution is 2.65. The summed E-state index contributed by atoms with van der Waals surface area (Å²) in [5, 5.41) is 14.3. The molecule has 0 saturated carbocycles. The monoisotopic (exact) mass is 434 g/mol. The summed E-state index contributed by atoms with van der Waals surface area (Å²) in [6, 6.07) is 15.6. The lowest BCUT2D eigenvalue weighted by molar-refractivity contribution is -0.143. The Morgan fingerprint density at radius 3 is 1.56 bits per heavy atom. The molecule has 4 aliphatic heterocycles. The smallest absolute Gasteiger partial charge is 0.322 e. The number of benzene rings is 2. The molecule has 8 nitrogen and oxygen atoms in total. The van der Waals surface area contributed by atoms with Crippen LogP contribution in [-0.2, 0) is 29.9 Å². The summed E-state index contributed by atoms with van der Waals surface area (Å²) in [5.74, 6) is -0.554. The third kappa shape index (κ3) is 2.23. The number of anilines is 2. The van der Waals surface area contributed by atoms with Gasteiger partial charge in [0.2, 0.25) is 0 Å². The minimum absolute atomic E-state index is 0.197. The molecule has 4 aliphatic rings. The van der Waals surface area contributed by atoms with Crippen molar-refractivity contribution in [3.8, 4) is 0 Å². The van der Waals surface area contributed by atoms with E-state index in [4.69, 9.17) is 9.47 Å². The van der Waals surface area contributed by atoms with E-state index in [-0.39, 0.29) is 24.3 Å². The van der Waals surface area contributed by atoms with Gasteiger partial charge in [-0.2, -0.15) is 0 Å². The molecule has 4 N–H and O–H groups in total. The Bertz CT molecular complexity index is 1040. The number of methoxy groups -OCH3 is 2. The average molecular weight is 434 g/mol. The van der Waals surface area contributed by atoms with Crippen LogP contribution in [0.25, 0.3) is 0 Å². The topological polar surface area (TPSA) is 101 Å². The SMILES string of the molecule is COC(=O)[C@@H]1C[C@@]2([C@@]34C[C@@H](C(=O)OC)N[C@@H]3Nc3ccccc34)c3ccccc3N[C@H]2N1. The van der Waals surface area contributed by atoms with E-state index in [9.17, 15) is 9.59 Å². The standard InChI is InChI=1S/C24H26N4O4/c1-31-19(29)17-11-23(13-7-3-5-9-15(13)25-21(23)27-17)24-12-18(20(30)32-2)28-22(24)26-16-10-6-4-8-14(16)24/h3-10,17-18,21-22,25-28H,11-12H2,1-2H3/t17-,18-,21-,22-,23+,24+/m0/s1. The van der Waals surface area contributed by atoms with E-state index < -0.39 is 22.9 Å². The van der Waals surface area contributed by atoms with Gasteiger partial charge in [-0.15, -0.1) is 0 Å². The molecule has 2 saturated heterocycles. The predicted molar refractivity (Wildman–Crippen MR) is 118 cm³/mol. The van der Waals surface area contributed by atoms with Crippen molar-refractivity contribution in [2.24, 2.45) is 0 Å². The molecule has 4 heterocycles. The molecular formula is C24H26N4O4. The second-order valence-electron chi connectivity index (χ2n) is 9.08. The van der Waals surface area contributed by atoms with Gasteiger partial charge in [0.25, 0.3) is 0 Å². The van der Waals surface area contributed by atoms with E-state index in [0.29, 0.717) is 12.8 Å². The molecule has 2 aromatic rings. The van der Waals surface area contributed by atoms with Crippen molar-refractivity contribution in [3.05, 3.63) is 59.7 Å². The number of para-hydroxylation sites is 2. The van der Waals surface area contributed by atoms with Gasteiger partial charge in [0.05, 0.1) is 26.6 Å². The molecule has 0 spiro atoms. The Morgan fingerprint density at radius 1 is 0.750 bits per heavy atom. The maximum absolute atomic E-state index is 12.7. The van der Waals surface area contributed by atoms with Crippen molar-refractivity contribution < 1.29 is 19.1 Å². The first-order chi connectivity index (χ1) is 15.5. The quantitative estimate of drug-likeness (QED) is 0.539. The van der Waals surface area contributed by atoms with Crippen molar-refractivity contribution in [2.75, 3.05) is 24.9 Å². The number of carbonyl (C=O) groups excluding carboxylic acids is 2. The number of nitrogens with one attached hydrogen (secondary N) is 4. The van der Waals surface area contributed by atoms with Crippen molar-refractivity contribution >= 4 is 23.3 Å². The van der Waals surface area contributed by atoms with E-state index in [1.807, 2.05) is 24.3 Å². The molecule has 0 bridgehead atoms. The zero-order chi connectivity index (χ0) is 22.1. The molecule has 0 radical (unpaired) electrons. The van der Waals surface area contributed by atoms with Crippen molar-refractivity contribution in [2.45, 2.75) is 48.1 Å². The second-order valence-corrected chi connectivity index (χ2v) is 9.08. The first kappa shape index (κ1) is 19.6. The summed E-state index contributed by atoms with van der Waals surface area (Å²) >= 11 is 0. The third-order valence-corrected chi connectivity index (χ3v) is 7.96. The number of carbonyl (C=O) groups is 2. The fraction of sp³-hybridized carbons (Fsp3) is 0.417. The summed E-state index contributed by atoms with van der Waals surface area (Å²) in [6.07, 6.45) is 0.711. The van der Waals surface area contributed by atoms with Crippen LogP contribution >= 0.6 is 0 Å². The summed E-state index contributed by atoms with van der Waals surface area (Å²) in [5.41, 5.74) is 3.41. The molecule has 0 aliphatic carbocycles. The fourth-order valence-electron chi connectivity index (χ4n) is 6.80. The Morgan fingerprint density at radius 2 is 1.16 bits per heavy atom. The van der Waals surface area contributed by atoms with Gasteiger partial charge in [0.1, 0.15) is 12.1 Å². The Labute approximate surface area is 186 Å². The minimum atomic E-state index is -0.498. The highest BCUT2D eigenvalue weighted by molar-refractivity contribution is 5.82. The number of esters is 2. The molecule has 6 rings (SSSR count). The number of hydrogen-bond acceptors (Lipinski definition) is 8. The summed E-state index contributed by atoms with van der Waals surface area (Å²) < 4.78 is 10.2. The first-order valence-electron chi connectivity index (χ1n) is 10.9. The van der Waals surface area contributed by atoms with Crippen molar-refractivity contribution in [1.29, 1.82) is 0 Å². The number of ether oxygens (including phenoxy) is 2. The summed E-state index contributed by atoms with van der Waals surface area (Å²) in [7, 11) is 2.84. The van der Waals surface area contributed by atoms with Gasteiger partial charge >= 0.3 is 11.9 Å². The third-order valence-electron chi connectivity index (χ3n) is 7.96. The lowest BCUT2D eigenvalue weighted by atomic mass is 9.54. The zero-order valence-electron chi connectivity index (χ0n) is 18.0. The van der Waals surface area contributed by atoms with Crippen molar-refractivity contribution in [1.82, 2.24) is 10.6 Å². The van der Waals surface area contributed by atoms with Gasteiger partial charge in [-0.3, -0.25) is 20.2 Å². The van der Waals surface area contributed by atoms with Crippen LogP contribution in [-0.4, -0.2) is 50.6 Å². The van der Waals surface area contributed by atoms with E-state index >= 15 is 0 Å². The Kier molecular flexibility index (Phi) is 4.10. The molecular weight excluding hydrogens is 408 g/mol. The van der Waals surface area contributed by atoms with Gasteiger partial charge in [-0.05, 0) is 36.1 Å². The van der Waals surface area contributed by atoms with Crippen LogP contribution in [0.15, 0.2) is 48.5 Å². The molecule has 0 unspecified atom stereocenters. The molecule has 8 heteroatoms. The van der Waals surface area contributed by atoms with E-state index in [0.717, 1.165) is 22.5 Å². The Balaban J connectivity index is 1.60. The highest BCUT2D eigenvalue weighted by Gasteiger charge is 2.72. The van der Waals surface area contributed by atoms with Crippen LogP contribution in [0.3, 0.4) is 0 Å². The molecule has 2 fully saturated rings. The maximum Gasteiger partial charge on any atom is 0.322 e. The maximum atomic E-state index is 12.7. The molecule has 32 heavy (non-hydrogen) atoms. The van der Waals surface area contributed by atoms with Crippen LogP contribution in [0.2, 0.25) is 0 Å². The van der Waals surface area contributed by atoms with E-state index in [2.05, 4.69) is 45.5 Å². The van der Waals surface area contributed by atoms with Crippen LogP contribution in [0.4, 0.5) is 11.4 Å². The van der Waals surface area contributed by atoms with E-state index in [1.54, 1.807) is 0 Å². The normalized spacial score (nSPS) is 35.7. The molecule has 6 atom stereocenters. The zero-order valence-corrected chi connectivity index (χ0v) is 18.0.